The number of benzene rings is 2. The number of imidazole rings is 1. The van der Waals surface area contributed by atoms with Crippen LogP contribution in [0.15, 0.2) is 60.9 Å². The van der Waals surface area contributed by atoms with Crippen molar-refractivity contribution in [2.24, 2.45) is 0 Å². The van der Waals surface area contributed by atoms with Gasteiger partial charge in [-0.25, -0.2) is 9.66 Å². The van der Waals surface area contributed by atoms with Gasteiger partial charge in [0.15, 0.2) is 0 Å². The number of carbonyl (C=O) groups is 1. The van der Waals surface area contributed by atoms with Crippen LogP contribution in [0.5, 0.6) is 0 Å². The first-order chi connectivity index (χ1) is 10.8. The predicted octanol–water partition coefficient (Wildman–Crippen LogP) is 2.69. The van der Waals surface area contributed by atoms with Gasteiger partial charge in [-0.15, -0.1) is 0 Å². The largest absolute Gasteiger partial charge is 0.268 e. The molecule has 1 heterocycles. The molecule has 3 aromatic rings. The van der Waals surface area contributed by atoms with E-state index in [0.29, 0.717) is 5.56 Å². The van der Waals surface area contributed by atoms with Gasteiger partial charge in [-0.05, 0) is 35.9 Å². The van der Waals surface area contributed by atoms with E-state index in [1.165, 1.54) is 6.08 Å². The lowest BCUT2D eigenvalue weighted by Crippen LogP contribution is -2.19. The zero-order valence-corrected chi connectivity index (χ0v) is 11.6. The highest BCUT2D eigenvalue weighted by Crippen LogP contribution is 2.10. The summed E-state index contributed by atoms with van der Waals surface area (Å²) in [4.78, 5) is 16.2. The zero-order chi connectivity index (χ0) is 15.4. The van der Waals surface area contributed by atoms with E-state index in [-0.39, 0.29) is 5.91 Å². The summed E-state index contributed by atoms with van der Waals surface area (Å²) in [6.45, 7) is 0. The van der Waals surface area contributed by atoms with E-state index in [1.807, 2.05) is 24.3 Å². The summed E-state index contributed by atoms with van der Waals surface area (Å²) < 4.78 is 1.58. The first-order valence-electron chi connectivity index (χ1n) is 6.67. The van der Waals surface area contributed by atoms with Gasteiger partial charge < -0.3 is 0 Å². The summed E-state index contributed by atoms with van der Waals surface area (Å²) in [6.07, 6.45) is 4.70. The minimum Gasteiger partial charge on any atom is -0.268 e. The molecule has 0 atom stereocenters. The molecule has 22 heavy (non-hydrogen) atoms. The van der Waals surface area contributed by atoms with Gasteiger partial charge in [0.05, 0.1) is 22.7 Å². The summed E-state index contributed by atoms with van der Waals surface area (Å²) in [5, 5.41) is 8.74. The van der Waals surface area contributed by atoms with Crippen molar-refractivity contribution in [2.75, 3.05) is 5.43 Å². The maximum Gasteiger partial charge on any atom is 0.262 e. The highest BCUT2D eigenvalue weighted by atomic mass is 16.2. The van der Waals surface area contributed by atoms with E-state index in [0.717, 1.165) is 16.6 Å². The topological polar surface area (TPSA) is 70.7 Å². The van der Waals surface area contributed by atoms with E-state index >= 15 is 0 Å². The van der Waals surface area contributed by atoms with Crippen molar-refractivity contribution >= 4 is 23.0 Å². The van der Waals surface area contributed by atoms with Gasteiger partial charge in [0.25, 0.3) is 5.91 Å². The Morgan fingerprint density at radius 1 is 1.18 bits per heavy atom. The fourth-order valence-electron chi connectivity index (χ4n) is 2.04. The molecule has 2 aromatic carbocycles. The second-order valence-electron chi connectivity index (χ2n) is 4.65. The van der Waals surface area contributed by atoms with E-state index in [4.69, 9.17) is 5.26 Å². The van der Waals surface area contributed by atoms with Gasteiger partial charge in [-0.1, -0.05) is 24.3 Å². The van der Waals surface area contributed by atoms with Crippen LogP contribution < -0.4 is 5.43 Å². The van der Waals surface area contributed by atoms with Crippen LogP contribution in [-0.4, -0.2) is 15.6 Å². The van der Waals surface area contributed by atoms with Crippen LogP contribution in [0, 0.1) is 11.3 Å². The van der Waals surface area contributed by atoms with Crippen molar-refractivity contribution in [3.05, 3.63) is 72.1 Å². The molecule has 0 spiro atoms. The number of para-hydroxylation sites is 2. The molecule has 1 aromatic heterocycles. The van der Waals surface area contributed by atoms with Gasteiger partial charge >= 0.3 is 0 Å². The molecule has 5 heteroatoms. The Morgan fingerprint density at radius 3 is 2.73 bits per heavy atom. The number of hydrogen-bond donors (Lipinski definition) is 1. The normalized spacial score (nSPS) is 10.7. The minimum absolute atomic E-state index is 0.257. The lowest BCUT2D eigenvalue weighted by molar-refractivity contribution is -0.112. The van der Waals surface area contributed by atoms with Crippen molar-refractivity contribution in [1.29, 1.82) is 5.26 Å². The molecule has 0 unspecified atom stereocenters. The molecule has 5 nitrogen and oxygen atoms in total. The lowest BCUT2D eigenvalue weighted by atomic mass is 10.1. The standard InChI is InChI=1S/C17H12N4O/c18-11-14-7-5-13(6-8-14)9-10-17(22)20-21-12-19-15-3-1-2-4-16(15)21/h1-10,12H,(H,20,22). The van der Waals surface area contributed by atoms with Gasteiger partial charge in [0, 0.05) is 6.08 Å². The van der Waals surface area contributed by atoms with E-state index in [9.17, 15) is 4.79 Å². The average molecular weight is 288 g/mol. The van der Waals surface area contributed by atoms with Crippen LogP contribution >= 0.6 is 0 Å². The van der Waals surface area contributed by atoms with Crippen LogP contribution in [-0.2, 0) is 4.79 Å². The molecule has 0 aliphatic heterocycles. The predicted molar refractivity (Wildman–Crippen MR) is 84.3 cm³/mol. The summed E-state index contributed by atoms with van der Waals surface area (Å²) in [5.74, 6) is -0.257. The number of amides is 1. The van der Waals surface area contributed by atoms with Crippen molar-refractivity contribution < 1.29 is 4.79 Å². The molecule has 3 rings (SSSR count). The van der Waals surface area contributed by atoms with Gasteiger partial charge in [-0.2, -0.15) is 5.26 Å². The Bertz CT molecular complexity index is 885. The van der Waals surface area contributed by atoms with Crippen molar-refractivity contribution in [2.45, 2.75) is 0 Å². The van der Waals surface area contributed by atoms with E-state index in [1.54, 1.807) is 41.3 Å². The lowest BCUT2D eigenvalue weighted by Gasteiger charge is -2.03. The highest BCUT2D eigenvalue weighted by molar-refractivity contribution is 5.98. The van der Waals surface area contributed by atoms with Gasteiger partial charge in [-0.3, -0.25) is 10.2 Å². The molecule has 0 saturated heterocycles. The molecule has 0 fully saturated rings. The Morgan fingerprint density at radius 2 is 1.95 bits per heavy atom. The molecule has 1 N–H and O–H groups in total. The Kier molecular flexibility index (Phi) is 3.67. The fourth-order valence-corrected chi connectivity index (χ4v) is 2.04. The third-order valence-corrected chi connectivity index (χ3v) is 3.15. The van der Waals surface area contributed by atoms with Crippen LogP contribution in [0.25, 0.3) is 17.1 Å². The molecule has 0 saturated carbocycles. The quantitative estimate of drug-likeness (QED) is 0.753. The Balaban J connectivity index is 1.72. The molecule has 0 radical (unpaired) electrons. The Labute approximate surface area is 127 Å². The summed E-state index contributed by atoms with van der Waals surface area (Å²) in [6, 6.07) is 16.6. The summed E-state index contributed by atoms with van der Waals surface area (Å²) >= 11 is 0. The SMILES string of the molecule is N#Cc1ccc(C=CC(=O)Nn2cnc3ccccc32)cc1. The Hall–Kier alpha value is -3.39. The number of hydrogen-bond acceptors (Lipinski definition) is 3. The number of rotatable bonds is 3. The number of aromatic nitrogens is 2. The third-order valence-electron chi connectivity index (χ3n) is 3.15. The maximum absolute atomic E-state index is 12.0. The van der Waals surface area contributed by atoms with Crippen molar-refractivity contribution in [1.82, 2.24) is 9.66 Å². The molecular formula is C17H12N4O. The number of fused-ring (bicyclic) bond motifs is 1. The molecule has 106 valence electrons. The van der Waals surface area contributed by atoms with Gasteiger partial charge in [0.2, 0.25) is 0 Å². The van der Waals surface area contributed by atoms with Crippen molar-refractivity contribution in [3.63, 3.8) is 0 Å². The third kappa shape index (κ3) is 2.86. The van der Waals surface area contributed by atoms with Crippen molar-refractivity contribution in [3.8, 4) is 6.07 Å². The van der Waals surface area contributed by atoms with Crippen LogP contribution in [0.1, 0.15) is 11.1 Å². The summed E-state index contributed by atoms with van der Waals surface area (Å²) in [7, 11) is 0. The first-order valence-corrected chi connectivity index (χ1v) is 6.67. The summed E-state index contributed by atoms with van der Waals surface area (Å²) in [5.41, 5.74) is 5.83. The van der Waals surface area contributed by atoms with Crippen LogP contribution in [0.4, 0.5) is 0 Å². The molecule has 0 aliphatic rings. The fraction of sp³-hybridized carbons (Fsp3) is 0. The highest BCUT2D eigenvalue weighted by Gasteiger charge is 2.03. The molecular weight excluding hydrogens is 276 g/mol. The van der Waals surface area contributed by atoms with E-state index < -0.39 is 0 Å². The second kappa shape index (κ2) is 5.94. The smallest absolute Gasteiger partial charge is 0.262 e. The van der Waals surface area contributed by atoms with Crippen LogP contribution in [0.2, 0.25) is 0 Å². The number of nitriles is 1. The number of nitrogens with one attached hydrogen (secondary N) is 1. The number of carbonyl (C=O) groups excluding carboxylic acids is 1. The van der Waals surface area contributed by atoms with Gasteiger partial charge in [0.1, 0.15) is 6.33 Å². The van der Waals surface area contributed by atoms with E-state index in [2.05, 4.69) is 16.5 Å². The molecule has 0 bridgehead atoms. The molecule has 1 amide bonds. The maximum atomic E-state index is 12.0. The molecule has 0 aliphatic carbocycles. The first kappa shape index (κ1) is 13.6. The van der Waals surface area contributed by atoms with Crippen LogP contribution in [0.3, 0.4) is 0 Å². The zero-order valence-electron chi connectivity index (χ0n) is 11.6. The number of nitrogens with zero attached hydrogens (tertiary/aromatic N) is 3. The monoisotopic (exact) mass is 288 g/mol. The second-order valence-corrected chi connectivity index (χ2v) is 4.65. The minimum atomic E-state index is -0.257. The average Bonchev–Trinajstić information content (AvgIpc) is 2.97.